The van der Waals surface area contributed by atoms with Crippen molar-refractivity contribution < 1.29 is 14.7 Å². The zero-order valence-corrected chi connectivity index (χ0v) is 17.4. The molecule has 2 amide bonds. The number of aromatic hydroxyl groups is 1. The van der Waals surface area contributed by atoms with Crippen LogP contribution >= 0.6 is 0 Å². The maximum absolute atomic E-state index is 12.6. The Labute approximate surface area is 169 Å². The van der Waals surface area contributed by atoms with Gasteiger partial charge >= 0.3 is 0 Å². The summed E-state index contributed by atoms with van der Waals surface area (Å²) in [7, 11) is 0. The van der Waals surface area contributed by atoms with Crippen LogP contribution in [-0.4, -0.2) is 46.5 Å². The predicted octanol–water partition coefficient (Wildman–Crippen LogP) is 2.18. The van der Waals surface area contributed by atoms with Crippen LogP contribution in [0, 0.1) is 27.7 Å². The van der Waals surface area contributed by atoms with Crippen molar-refractivity contribution in [3.05, 3.63) is 39.3 Å². The second-order valence-corrected chi connectivity index (χ2v) is 7.18. The highest BCUT2D eigenvalue weighted by Gasteiger charge is 2.30. The number of aromatic amines is 1. The molecule has 0 saturated heterocycles. The highest BCUT2D eigenvalue weighted by molar-refractivity contribution is 6.35. The molecule has 2 aromatic rings. The number of pyridine rings is 1. The molecule has 0 atom stereocenters. The summed E-state index contributed by atoms with van der Waals surface area (Å²) in [5.74, 6) is 0.0766. The van der Waals surface area contributed by atoms with Gasteiger partial charge in [-0.1, -0.05) is 6.92 Å². The van der Waals surface area contributed by atoms with Crippen LogP contribution in [0.3, 0.4) is 0 Å². The van der Waals surface area contributed by atoms with Crippen molar-refractivity contribution in [2.45, 2.75) is 34.6 Å². The topological polar surface area (TPSA) is 119 Å². The fourth-order valence-corrected chi connectivity index (χ4v) is 3.62. The van der Waals surface area contributed by atoms with Gasteiger partial charge in [0, 0.05) is 35.6 Å². The van der Waals surface area contributed by atoms with E-state index in [1.54, 1.807) is 19.9 Å². The standard InChI is InChI=1S/C21H27N5O3/c1-6-22-7-8-23-21(29)16-10(2)15(24-12(16)4)9-14-17-11(3)18(27)13(5)25-19(17)26-20(14)28/h9,22,24,27H,6-8H2,1-5H3,(H,23,29)(H,25,26,28)/b14-9-. The third kappa shape index (κ3) is 3.75. The third-order valence-electron chi connectivity index (χ3n) is 5.16. The van der Waals surface area contributed by atoms with Gasteiger partial charge in [0.15, 0.2) is 0 Å². The summed E-state index contributed by atoms with van der Waals surface area (Å²) >= 11 is 0. The van der Waals surface area contributed by atoms with Gasteiger partial charge in [0.05, 0.1) is 16.8 Å². The van der Waals surface area contributed by atoms with Crippen LogP contribution in [0.15, 0.2) is 0 Å². The molecule has 0 unspecified atom stereocenters. The van der Waals surface area contributed by atoms with E-state index in [2.05, 4.69) is 25.9 Å². The molecule has 0 aliphatic carbocycles. The summed E-state index contributed by atoms with van der Waals surface area (Å²) < 4.78 is 0. The van der Waals surface area contributed by atoms with E-state index in [0.717, 1.165) is 17.8 Å². The molecular weight excluding hydrogens is 370 g/mol. The Kier molecular flexibility index (Phi) is 5.74. The Morgan fingerprint density at radius 3 is 2.59 bits per heavy atom. The first kappa shape index (κ1) is 20.6. The van der Waals surface area contributed by atoms with E-state index in [0.29, 0.717) is 52.6 Å². The quantitative estimate of drug-likeness (QED) is 0.378. The smallest absolute Gasteiger partial charge is 0.257 e. The molecule has 2 aromatic heterocycles. The first-order valence-electron chi connectivity index (χ1n) is 9.67. The lowest BCUT2D eigenvalue weighted by molar-refractivity contribution is -0.110. The van der Waals surface area contributed by atoms with E-state index in [1.165, 1.54) is 0 Å². The number of aromatic nitrogens is 2. The number of likely N-dealkylation sites (N-methyl/N-ethyl adjacent to an activating group) is 1. The van der Waals surface area contributed by atoms with E-state index in [9.17, 15) is 14.7 Å². The number of fused-ring (bicyclic) bond motifs is 1. The summed E-state index contributed by atoms with van der Waals surface area (Å²) in [6.45, 7) is 11.2. The van der Waals surface area contributed by atoms with E-state index >= 15 is 0 Å². The zero-order chi connectivity index (χ0) is 21.3. The van der Waals surface area contributed by atoms with Gasteiger partial charge in [-0.05, 0) is 45.9 Å². The Bertz CT molecular complexity index is 1020. The molecule has 0 aromatic carbocycles. The van der Waals surface area contributed by atoms with E-state index < -0.39 is 0 Å². The summed E-state index contributed by atoms with van der Waals surface area (Å²) in [4.78, 5) is 32.6. The lowest BCUT2D eigenvalue weighted by Crippen LogP contribution is -2.32. The minimum absolute atomic E-state index is 0.0753. The van der Waals surface area contributed by atoms with Crippen LogP contribution in [-0.2, 0) is 4.79 Å². The van der Waals surface area contributed by atoms with Crippen molar-refractivity contribution in [2.75, 3.05) is 25.0 Å². The SMILES string of the molecule is CCNCCNC(=O)c1c(C)[nH]c(/C=C2\C(=O)Nc3nc(C)c(O)c(C)c32)c1C. The minimum Gasteiger partial charge on any atom is -0.506 e. The van der Waals surface area contributed by atoms with Crippen molar-refractivity contribution in [3.63, 3.8) is 0 Å². The Morgan fingerprint density at radius 2 is 1.90 bits per heavy atom. The molecule has 29 heavy (non-hydrogen) atoms. The number of hydrogen-bond acceptors (Lipinski definition) is 5. The average molecular weight is 397 g/mol. The van der Waals surface area contributed by atoms with Crippen LogP contribution in [0.4, 0.5) is 5.82 Å². The minimum atomic E-state index is -0.288. The second kappa shape index (κ2) is 8.08. The van der Waals surface area contributed by atoms with E-state index in [-0.39, 0.29) is 17.6 Å². The van der Waals surface area contributed by atoms with Crippen molar-refractivity contribution in [3.8, 4) is 5.75 Å². The number of H-pyrrole nitrogens is 1. The summed E-state index contributed by atoms with van der Waals surface area (Å²) in [5.41, 5.74) is 4.80. The molecule has 0 saturated carbocycles. The molecule has 8 nitrogen and oxygen atoms in total. The highest BCUT2D eigenvalue weighted by atomic mass is 16.3. The van der Waals surface area contributed by atoms with Crippen molar-refractivity contribution in [2.24, 2.45) is 0 Å². The first-order valence-corrected chi connectivity index (χ1v) is 9.67. The molecule has 3 rings (SSSR count). The molecule has 3 heterocycles. The van der Waals surface area contributed by atoms with Gasteiger partial charge in [-0.2, -0.15) is 0 Å². The molecular formula is C21H27N5O3. The molecule has 5 N–H and O–H groups in total. The van der Waals surface area contributed by atoms with Gasteiger partial charge in [0.2, 0.25) is 0 Å². The number of anilines is 1. The molecule has 0 radical (unpaired) electrons. The monoisotopic (exact) mass is 397 g/mol. The van der Waals surface area contributed by atoms with Gasteiger partial charge in [-0.3, -0.25) is 9.59 Å². The van der Waals surface area contributed by atoms with Crippen LogP contribution in [0.25, 0.3) is 11.6 Å². The number of hydrogen-bond donors (Lipinski definition) is 5. The normalized spacial score (nSPS) is 14.2. The van der Waals surface area contributed by atoms with Crippen LogP contribution in [0.5, 0.6) is 5.75 Å². The number of carbonyl (C=O) groups excluding carboxylic acids is 2. The van der Waals surface area contributed by atoms with E-state index in [1.807, 2.05) is 20.8 Å². The average Bonchev–Trinajstić information content (AvgIpc) is 3.12. The van der Waals surface area contributed by atoms with Gasteiger partial charge in [-0.15, -0.1) is 0 Å². The van der Waals surface area contributed by atoms with Crippen LogP contribution < -0.4 is 16.0 Å². The molecule has 8 heteroatoms. The molecule has 154 valence electrons. The molecule has 1 aliphatic heterocycles. The van der Waals surface area contributed by atoms with Crippen molar-refractivity contribution in [1.82, 2.24) is 20.6 Å². The van der Waals surface area contributed by atoms with Gasteiger partial charge in [0.1, 0.15) is 11.6 Å². The largest absolute Gasteiger partial charge is 0.506 e. The Hall–Kier alpha value is -3.13. The Morgan fingerprint density at radius 1 is 1.17 bits per heavy atom. The van der Waals surface area contributed by atoms with Crippen molar-refractivity contribution >= 4 is 29.3 Å². The van der Waals surface area contributed by atoms with Gasteiger partial charge < -0.3 is 26.0 Å². The summed E-state index contributed by atoms with van der Waals surface area (Å²) in [5, 5.41) is 19.1. The Balaban J connectivity index is 1.96. The van der Waals surface area contributed by atoms with Gasteiger partial charge in [0.25, 0.3) is 11.8 Å². The maximum Gasteiger partial charge on any atom is 0.257 e. The second-order valence-electron chi connectivity index (χ2n) is 7.18. The molecule has 0 spiro atoms. The number of carbonyl (C=O) groups is 2. The number of nitrogens with zero attached hydrogens (tertiary/aromatic N) is 1. The number of amides is 2. The number of nitrogens with one attached hydrogen (secondary N) is 4. The first-order chi connectivity index (χ1) is 13.8. The number of aryl methyl sites for hydroxylation is 2. The summed E-state index contributed by atoms with van der Waals surface area (Å²) in [6, 6.07) is 0. The fraction of sp³-hybridized carbons (Fsp3) is 0.381. The predicted molar refractivity (Wildman–Crippen MR) is 113 cm³/mol. The van der Waals surface area contributed by atoms with Crippen molar-refractivity contribution in [1.29, 1.82) is 0 Å². The zero-order valence-electron chi connectivity index (χ0n) is 17.4. The number of rotatable bonds is 6. The summed E-state index contributed by atoms with van der Waals surface area (Å²) in [6.07, 6.45) is 1.71. The fourth-order valence-electron chi connectivity index (χ4n) is 3.62. The van der Waals surface area contributed by atoms with E-state index in [4.69, 9.17) is 0 Å². The van der Waals surface area contributed by atoms with Gasteiger partial charge in [-0.25, -0.2) is 4.98 Å². The highest BCUT2D eigenvalue weighted by Crippen LogP contribution is 2.39. The molecule has 0 fully saturated rings. The van der Waals surface area contributed by atoms with Crippen LogP contribution in [0.2, 0.25) is 0 Å². The lowest BCUT2D eigenvalue weighted by atomic mass is 10.00. The maximum atomic E-state index is 12.6. The molecule has 0 bridgehead atoms. The lowest BCUT2D eigenvalue weighted by Gasteiger charge is -2.08. The third-order valence-corrected chi connectivity index (χ3v) is 5.16. The van der Waals surface area contributed by atoms with Crippen LogP contribution in [0.1, 0.15) is 51.1 Å². The molecule has 1 aliphatic rings.